The Bertz CT molecular complexity index is 260. The van der Waals surface area contributed by atoms with Gasteiger partial charge in [0.15, 0.2) is 0 Å². The topological polar surface area (TPSA) is 26.3 Å². The predicted molar refractivity (Wildman–Crippen MR) is 109 cm³/mol. The van der Waals surface area contributed by atoms with Crippen LogP contribution >= 0.6 is 0 Å². The molecule has 0 spiro atoms. The van der Waals surface area contributed by atoms with Gasteiger partial charge < -0.3 is 4.43 Å². The Morgan fingerprint density at radius 1 is 0.708 bits per heavy atom. The van der Waals surface area contributed by atoms with E-state index in [9.17, 15) is 4.79 Å². The second kappa shape index (κ2) is 16.2. The molecule has 0 bridgehead atoms. The van der Waals surface area contributed by atoms with E-state index in [1.165, 1.54) is 95.2 Å². The summed E-state index contributed by atoms with van der Waals surface area (Å²) in [7, 11) is -1.92. The van der Waals surface area contributed by atoms with Crippen molar-refractivity contribution in [2.24, 2.45) is 0 Å². The highest BCUT2D eigenvalue weighted by Gasteiger charge is 2.36. The van der Waals surface area contributed by atoms with Crippen molar-refractivity contribution in [1.82, 2.24) is 0 Å². The summed E-state index contributed by atoms with van der Waals surface area (Å²) in [5, 5.41) is 0. The summed E-state index contributed by atoms with van der Waals surface area (Å²) in [4.78, 5) is 12.0. The van der Waals surface area contributed by atoms with E-state index in [1.807, 2.05) is 0 Å². The van der Waals surface area contributed by atoms with E-state index in [1.54, 1.807) is 0 Å². The zero-order valence-corrected chi connectivity index (χ0v) is 17.8. The third-order valence-electron chi connectivity index (χ3n) is 4.99. The molecule has 2 nitrogen and oxygen atoms in total. The molecule has 0 saturated carbocycles. The van der Waals surface area contributed by atoms with Crippen LogP contribution in [0.3, 0.4) is 0 Å². The number of rotatable bonds is 17. The fraction of sp³-hybridized carbons (Fsp3) is 0.905. The molecule has 0 aliphatic rings. The molecule has 0 N–H and O–H groups in total. The maximum absolute atomic E-state index is 12.0. The first kappa shape index (κ1) is 23.7. The van der Waals surface area contributed by atoms with Gasteiger partial charge in [-0.3, -0.25) is 4.79 Å². The normalized spacial score (nSPS) is 11.7. The van der Waals surface area contributed by atoms with Crippen LogP contribution < -0.4 is 0 Å². The molecule has 0 unspecified atom stereocenters. The molecule has 143 valence electrons. The molecular formula is C21H43O2Si. The van der Waals surface area contributed by atoms with Gasteiger partial charge in [-0.25, -0.2) is 0 Å². The van der Waals surface area contributed by atoms with E-state index in [0.717, 1.165) is 0 Å². The second-order valence-electron chi connectivity index (χ2n) is 7.34. The van der Waals surface area contributed by atoms with Crippen molar-refractivity contribution in [3.63, 3.8) is 0 Å². The molecule has 0 aliphatic heterocycles. The Morgan fingerprint density at radius 2 is 1.08 bits per heavy atom. The molecule has 0 heterocycles. The average molecular weight is 356 g/mol. The van der Waals surface area contributed by atoms with Crippen molar-refractivity contribution in [3.05, 3.63) is 6.92 Å². The maximum atomic E-state index is 12.0. The minimum absolute atomic E-state index is 0.0526. The van der Waals surface area contributed by atoms with Gasteiger partial charge in [0.25, 0.3) is 14.3 Å². The maximum Gasteiger partial charge on any atom is 0.292 e. The number of hydrogen-bond acceptors (Lipinski definition) is 2. The molecule has 0 aromatic heterocycles. The van der Waals surface area contributed by atoms with Crippen LogP contribution in [0, 0.1) is 6.92 Å². The van der Waals surface area contributed by atoms with Gasteiger partial charge in [-0.1, -0.05) is 97.8 Å². The van der Waals surface area contributed by atoms with Gasteiger partial charge in [0.05, 0.1) is 0 Å². The Hall–Kier alpha value is -0.313. The zero-order chi connectivity index (χ0) is 18.1. The predicted octanol–water partition coefficient (Wildman–Crippen LogP) is 7.44. The SMILES string of the molecule is [CH2]CC(=O)O[Si](CCCCCC)(CCCCCC)CCCCCC. The van der Waals surface area contributed by atoms with Crippen LogP contribution in [0.1, 0.15) is 104 Å². The third kappa shape index (κ3) is 12.1. The van der Waals surface area contributed by atoms with E-state index >= 15 is 0 Å². The molecule has 0 fully saturated rings. The number of unbranched alkanes of at least 4 members (excludes halogenated alkanes) is 9. The number of hydrogen-bond donors (Lipinski definition) is 0. The van der Waals surface area contributed by atoms with Crippen LogP contribution in [0.2, 0.25) is 18.1 Å². The van der Waals surface area contributed by atoms with Crippen LogP contribution in [0.15, 0.2) is 0 Å². The molecule has 1 radical (unpaired) electrons. The van der Waals surface area contributed by atoms with Gasteiger partial charge in [0, 0.05) is 6.42 Å². The van der Waals surface area contributed by atoms with Crippen LogP contribution in [-0.4, -0.2) is 14.3 Å². The second-order valence-corrected chi connectivity index (χ2v) is 11.4. The van der Waals surface area contributed by atoms with Crippen molar-refractivity contribution < 1.29 is 9.22 Å². The van der Waals surface area contributed by atoms with E-state index in [4.69, 9.17) is 4.43 Å². The summed E-state index contributed by atoms with van der Waals surface area (Å²) >= 11 is 0. The number of carbonyl (C=O) groups is 1. The lowest BCUT2D eigenvalue weighted by atomic mass is 10.2. The molecule has 0 atom stereocenters. The molecule has 0 amide bonds. The van der Waals surface area contributed by atoms with Crippen LogP contribution in [0.5, 0.6) is 0 Å². The first-order chi connectivity index (χ1) is 11.6. The van der Waals surface area contributed by atoms with Gasteiger partial charge in [-0.05, 0) is 25.1 Å². The van der Waals surface area contributed by atoms with Gasteiger partial charge >= 0.3 is 0 Å². The Morgan fingerprint density at radius 3 is 1.38 bits per heavy atom. The molecular weight excluding hydrogens is 312 g/mol. The van der Waals surface area contributed by atoms with Gasteiger partial charge in [-0.15, -0.1) is 0 Å². The number of carbonyl (C=O) groups excluding carboxylic acids is 1. The molecule has 0 aliphatic carbocycles. The summed E-state index contributed by atoms with van der Waals surface area (Å²) in [5.41, 5.74) is 0. The van der Waals surface area contributed by atoms with Gasteiger partial charge in [-0.2, -0.15) is 0 Å². The van der Waals surface area contributed by atoms with Crippen LogP contribution in [-0.2, 0) is 9.22 Å². The van der Waals surface area contributed by atoms with E-state index in [2.05, 4.69) is 27.7 Å². The largest absolute Gasteiger partial charge is 0.519 e. The van der Waals surface area contributed by atoms with Gasteiger partial charge in [0.2, 0.25) is 0 Å². The van der Waals surface area contributed by atoms with Crippen molar-refractivity contribution in [1.29, 1.82) is 0 Å². The van der Waals surface area contributed by atoms with Crippen molar-refractivity contribution in [2.75, 3.05) is 0 Å². The quantitative estimate of drug-likeness (QED) is 0.200. The van der Waals surface area contributed by atoms with E-state index in [0.29, 0.717) is 0 Å². The highest BCUT2D eigenvalue weighted by molar-refractivity contribution is 6.75. The summed E-state index contributed by atoms with van der Waals surface area (Å²) in [6.07, 6.45) is 15.6. The van der Waals surface area contributed by atoms with Crippen LogP contribution in [0.4, 0.5) is 0 Å². The lowest BCUT2D eigenvalue weighted by Gasteiger charge is -2.31. The van der Waals surface area contributed by atoms with Crippen molar-refractivity contribution >= 4 is 14.3 Å². The van der Waals surface area contributed by atoms with Gasteiger partial charge in [0.1, 0.15) is 0 Å². The smallest absolute Gasteiger partial charge is 0.292 e. The fourth-order valence-corrected chi connectivity index (χ4v) is 7.77. The molecule has 0 rings (SSSR count). The summed E-state index contributed by atoms with van der Waals surface area (Å²) < 4.78 is 6.17. The van der Waals surface area contributed by atoms with Crippen molar-refractivity contribution in [3.8, 4) is 0 Å². The van der Waals surface area contributed by atoms with Crippen LogP contribution in [0.25, 0.3) is 0 Å². The molecule has 0 saturated heterocycles. The minimum Gasteiger partial charge on any atom is -0.519 e. The first-order valence-corrected chi connectivity index (χ1v) is 13.2. The van der Waals surface area contributed by atoms with Crippen molar-refractivity contribution in [2.45, 2.75) is 122 Å². The monoisotopic (exact) mass is 355 g/mol. The summed E-state index contributed by atoms with van der Waals surface area (Å²) in [6, 6.07) is 3.53. The summed E-state index contributed by atoms with van der Waals surface area (Å²) in [5.74, 6) is -0.0526. The Balaban J connectivity index is 4.74. The Labute approximate surface area is 153 Å². The molecule has 0 aromatic rings. The highest BCUT2D eigenvalue weighted by Crippen LogP contribution is 2.31. The molecule has 24 heavy (non-hydrogen) atoms. The third-order valence-corrected chi connectivity index (χ3v) is 9.45. The van der Waals surface area contributed by atoms with E-state index in [-0.39, 0.29) is 12.4 Å². The summed E-state index contributed by atoms with van der Waals surface area (Å²) in [6.45, 7) is 10.5. The first-order valence-electron chi connectivity index (χ1n) is 10.6. The minimum atomic E-state index is -1.92. The zero-order valence-electron chi connectivity index (χ0n) is 16.8. The average Bonchev–Trinajstić information content (AvgIpc) is 2.59. The molecule has 3 heteroatoms. The fourth-order valence-electron chi connectivity index (χ4n) is 3.44. The highest BCUT2D eigenvalue weighted by atomic mass is 28.4. The Kier molecular flexibility index (Phi) is 16.0. The standard InChI is InChI=1S/C21H43O2Si/c1-5-9-12-15-18-24(23-21(22)8-4,19-16-13-10-6-2)20-17-14-11-7-3/h4-20H2,1-3H3. The molecule has 0 aromatic carbocycles. The lowest BCUT2D eigenvalue weighted by Crippen LogP contribution is -2.40. The lowest BCUT2D eigenvalue weighted by molar-refractivity contribution is -0.134. The van der Waals surface area contributed by atoms with E-state index < -0.39 is 8.32 Å².